The Hall–Kier alpha value is -1.75. The molecule has 2 heterocycles. The van der Waals surface area contributed by atoms with Gasteiger partial charge in [-0.15, -0.1) is 15.7 Å². The van der Waals surface area contributed by atoms with E-state index in [1.807, 2.05) is 6.92 Å². The second kappa shape index (κ2) is 19.6. The highest BCUT2D eigenvalue weighted by Gasteiger charge is 2.24. The summed E-state index contributed by atoms with van der Waals surface area (Å²) in [4.78, 5) is 36.8. The normalized spacial score (nSPS) is 17.9. The number of nitrogens with one attached hydrogen (secondary N) is 4. The van der Waals surface area contributed by atoms with Crippen molar-refractivity contribution in [1.29, 1.82) is 0 Å². The summed E-state index contributed by atoms with van der Waals surface area (Å²) >= 11 is 6.62. The largest absolute Gasteiger partial charge is 0.431 e. The number of rotatable bonds is 19. The van der Waals surface area contributed by atoms with E-state index in [4.69, 9.17) is 14.2 Å². The summed E-state index contributed by atoms with van der Waals surface area (Å²) in [7, 11) is 0. The Morgan fingerprint density at radius 1 is 1.30 bits per heavy atom. The van der Waals surface area contributed by atoms with E-state index in [0.29, 0.717) is 35.8 Å². The number of carbonyl (C=O) groups is 3. The second-order valence-corrected chi connectivity index (χ2v) is 14.6. The van der Waals surface area contributed by atoms with Crippen molar-refractivity contribution in [2.75, 3.05) is 30.3 Å². The minimum atomic E-state index is -1.54. The molecule has 1 saturated carbocycles. The maximum absolute atomic E-state index is 13.2. The molecule has 3 atom stereocenters. The third kappa shape index (κ3) is 13.8. The van der Waals surface area contributed by atoms with Crippen LogP contribution in [0.3, 0.4) is 0 Å². The molecule has 2 amide bonds. The first-order valence-corrected chi connectivity index (χ1v) is 17.8. The number of alkyl halides is 1. The average molecular weight is 773 g/mol. The van der Waals surface area contributed by atoms with Crippen molar-refractivity contribution in [2.45, 2.75) is 73.1 Å². The smallest absolute Gasteiger partial charge is 0.357 e. The van der Waals surface area contributed by atoms with Crippen LogP contribution in [0.25, 0.3) is 0 Å². The number of hydrazone groups is 1. The van der Waals surface area contributed by atoms with Crippen LogP contribution >= 0.6 is 57.5 Å². The Morgan fingerprint density at radius 2 is 2.09 bits per heavy atom. The Balaban J connectivity index is 1.56. The molecule has 19 heteroatoms. The van der Waals surface area contributed by atoms with Crippen LogP contribution in [0.15, 0.2) is 20.7 Å². The summed E-state index contributed by atoms with van der Waals surface area (Å²) in [5, 5.41) is 29.8. The quantitative estimate of drug-likeness (QED) is 0.0258. The van der Waals surface area contributed by atoms with Crippen molar-refractivity contribution >= 4 is 82.1 Å². The number of ether oxygens (including phenoxy) is 3. The molecule has 0 spiro atoms. The fraction of sp³-hybridized carbons (Fsp3) is 0.667. The van der Waals surface area contributed by atoms with Gasteiger partial charge in [0.1, 0.15) is 23.6 Å². The summed E-state index contributed by atoms with van der Waals surface area (Å²) in [5.74, 6) is 0.430. The Morgan fingerprint density at radius 3 is 2.77 bits per heavy atom. The zero-order valence-corrected chi connectivity index (χ0v) is 28.4. The SMILES string of the molecule is Cc1nnc(SC/C(CSC[C@@H](I)CNC(=O)CN2C=NNN2)=C(/NC=O)C(=O)OC(C)OC(O)OC2CCCCC2)s1. The van der Waals surface area contributed by atoms with Gasteiger partial charge in [0.05, 0.1) is 6.10 Å². The van der Waals surface area contributed by atoms with Crippen LogP contribution in [0.4, 0.5) is 0 Å². The maximum Gasteiger partial charge on any atom is 0.357 e. The van der Waals surface area contributed by atoms with Crippen molar-refractivity contribution in [2.24, 2.45) is 5.10 Å². The first-order valence-electron chi connectivity index (χ1n) is 13.6. The van der Waals surface area contributed by atoms with Crippen molar-refractivity contribution in [3.63, 3.8) is 0 Å². The van der Waals surface area contributed by atoms with E-state index < -0.39 is 18.7 Å². The zero-order valence-electron chi connectivity index (χ0n) is 23.8. The molecule has 43 heavy (non-hydrogen) atoms. The zero-order chi connectivity index (χ0) is 31.0. The number of aliphatic hydroxyl groups excluding tert-OH is 1. The molecule has 0 radical (unpaired) electrons. The van der Waals surface area contributed by atoms with Crippen LogP contribution in [0.1, 0.15) is 44.0 Å². The van der Waals surface area contributed by atoms with E-state index >= 15 is 0 Å². The van der Waals surface area contributed by atoms with Crippen molar-refractivity contribution in [3.05, 3.63) is 16.3 Å². The average Bonchev–Trinajstić information content (AvgIpc) is 3.64. The highest BCUT2D eigenvalue weighted by molar-refractivity contribution is 14.1. The molecular formula is C24H37IN8O7S3. The predicted octanol–water partition coefficient (Wildman–Crippen LogP) is 1.39. The molecule has 2 aliphatic rings. The summed E-state index contributed by atoms with van der Waals surface area (Å²) in [6.07, 6.45) is 5.52. The number of hydrogen-bond donors (Lipinski definition) is 5. The lowest BCUT2D eigenvalue weighted by Gasteiger charge is -2.26. The minimum absolute atomic E-state index is 0.0129. The van der Waals surface area contributed by atoms with Crippen LogP contribution in [-0.4, -0.2) is 98.1 Å². The number of thioether (sulfide) groups is 2. The van der Waals surface area contributed by atoms with Crippen molar-refractivity contribution in [3.8, 4) is 0 Å². The molecule has 240 valence electrons. The van der Waals surface area contributed by atoms with Gasteiger partial charge >= 0.3 is 5.97 Å². The summed E-state index contributed by atoms with van der Waals surface area (Å²) in [6.45, 7) is 2.33. The van der Waals surface area contributed by atoms with Crippen LogP contribution in [0, 0.1) is 6.92 Å². The predicted molar refractivity (Wildman–Crippen MR) is 172 cm³/mol. The fourth-order valence-electron chi connectivity index (χ4n) is 3.94. The first kappa shape index (κ1) is 35.7. The standard InChI is InChI=1S/C24H37IN8O7S3/c1-15-29-30-23(43-15)42-11-17(10-41-12-18(25)8-26-20(35)9-33-13-28-31-32-33)21(27-14-34)22(36)38-16(2)39-24(37)40-19-6-4-3-5-7-19/h13-14,16,18-19,24,31-32,37H,3-12H2,1-2H3,(H,26,35)(H,27,34)/b21-17+/t16?,18-,24?/m0/s1. The summed E-state index contributed by atoms with van der Waals surface area (Å²) in [5.41, 5.74) is 5.83. The molecule has 0 aromatic carbocycles. The topological polar surface area (TPSA) is 189 Å². The molecule has 0 saturated heterocycles. The van der Waals surface area contributed by atoms with Gasteiger partial charge in [-0.05, 0) is 32.3 Å². The number of esters is 1. The van der Waals surface area contributed by atoms with Gasteiger partial charge in [-0.2, -0.15) is 16.9 Å². The molecule has 3 rings (SSSR count). The minimum Gasteiger partial charge on any atom is -0.431 e. The number of halogens is 1. The van der Waals surface area contributed by atoms with Gasteiger partial charge in [0.2, 0.25) is 18.6 Å². The molecule has 5 N–H and O–H groups in total. The lowest BCUT2D eigenvalue weighted by atomic mass is 9.98. The first-order chi connectivity index (χ1) is 20.7. The molecule has 15 nitrogen and oxygen atoms in total. The number of nitrogens with zero attached hydrogens (tertiary/aromatic N) is 4. The van der Waals surface area contributed by atoms with Gasteiger partial charge in [-0.3, -0.25) is 19.3 Å². The van der Waals surface area contributed by atoms with Crippen LogP contribution in [0.2, 0.25) is 0 Å². The highest BCUT2D eigenvalue weighted by Crippen LogP contribution is 2.27. The van der Waals surface area contributed by atoms with Crippen LogP contribution in [-0.2, 0) is 28.6 Å². The summed E-state index contributed by atoms with van der Waals surface area (Å²) in [6, 6.07) is 0. The third-order valence-corrected chi connectivity index (χ3v) is 10.7. The Kier molecular flexibility index (Phi) is 16.3. The maximum atomic E-state index is 13.2. The molecule has 0 bridgehead atoms. The van der Waals surface area contributed by atoms with Gasteiger partial charge in [0, 0.05) is 27.7 Å². The van der Waals surface area contributed by atoms with E-state index in [1.165, 1.54) is 41.4 Å². The van der Waals surface area contributed by atoms with E-state index in [-0.39, 0.29) is 28.2 Å². The van der Waals surface area contributed by atoms with Crippen molar-refractivity contribution in [1.82, 2.24) is 36.9 Å². The lowest BCUT2D eigenvalue weighted by molar-refractivity contribution is -0.328. The van der Waals surface area contributed by atoms with E-state index in [1.54, 1.807) is 11.8 Å². The van der Waals surface area contributed by atoms with Gasteiger partial charge in [-0.25, -0.2) is 10.3 Å². The van der Waals surface area contributed by atoms with Gasteiger partial charge in [0.25, 0.3) is 6.48 Å². The molecular weight excluding hydrogens is 735 g/mol. The Bertz CT molecular complexity index is 1110. The number of amides is 2. The van der Waals surface area contributed by atoms with Crippen LogP contribution < -0.4 is 21.7 Å². The van der Waals surface area contributed by atoms with Gasteiger partial charge < -0.3 is 25.2 Å². The van der Waals surface area contributed by atoms with E-state index in [9.17, 15) is 19.5 Å². The number of aromatic nitrogens is 2. The van der Waals surface area contributed by atoms with Gasteiger partial charge in [-0.1, -0.05) is 65.0 Å². The molecule has 1 aromatic rings. The third-order valence-electron chi connectivity index (χ3n) is 5.95. The molecule has 1 aliphatic heterocycles. The molecule has 2 unspecified atom stereocenters. The number of aryl methyl sites for hydroxylation is 1. The van der Waals surface area contributed by atoms with Crippen molar-refractivity contribution < 1.29 is 33.7 Å². The lowest BCUT2D eigenvalue weighted by Crippen LogP contribution is -2.45. The second-order valence-electron chi connectivity index (χ2n) is 9.44. The number of hydrazine groups is 2. The van der Waals surface area contributed by atoms with E-state index in [0.717, 1.165) is 41.5 Å². The number of hydrogen-bond acceptors (Lipinski definition) is 16. The number of carbonyl (C=O) groups excluding carboxylic acids is 3. The molecule has 1 aromatic heterocycles. The Labute approximate surface area is 276 Å². The molecule has 1 aliphatic carbocycles. The molecule has 1 fully saturated rings. The highest BCUT2D eigenvalue weighted by atomic mass is 127. The van der Waals surface area contributed by atoms with E-state index in [2.05, 4.69) is 59.6 Å². The fourth-order valence-corrected chi connectivity index (χ4v) is 7.87. The van der Waals surface area contributed by atoms with Gasteiger partial charge in [0.15, 0.2) is 4.34 Å². The van der Waals surface area contributed by atoms with Crippen LogP contribution in [0.5, 0.6) is 0 Å². The number of aliphatic hydroxyl groups is 1. The summed E-state index contributed by atoms with van der Waals surface area (Å²) < 4.78 is 17.1. The monoisotopic (exact) mass is 772 g/mol.